The van der Waals surface area contributed by atoms with Crippen LogP contribution in [-0.2, 0) is 0 Å². The van der Waals surface area contributed by atoms with Crippen molar-refractivity contribution in [3.63, 3.8) is 0 Å². The predicted octanol–water partition coefficient (Wildman–Crippen LogP) is 8.33. The number of aryl methyl sites for hydroxylation is 2. The second kappa shape index (κ2) is 8.49. The second-order valence-electron chi connectivity index (χ2n) is 10.8. The lowest BCUT2D eigenvalue weighted by Crippen LogP contribution is -2.44. The van der Waals surface area contributed by atoms with Crippen LogP contribution in [-0.4, -0.2) is 6.04 Å². The Bertz CT molecular complexity index is 945. The maximum atomic E-state index is 4.57. The zero-order valence-electron chi connectivity index (χ0n) is 20.4. The van der Waals surface area contributed by atoms with Crippen molar-refractivity contribution in [1.29, 1.82) is 0 Å². The van der Waals surface area contributed by atoms with E-state index >= 15 is 0 Å². The van der Waals surface area contributed by atoms with Crippen LogP contribution in [0.15, 0.2) is 65.8 Å². The van der Waals surface area contributed by atoms with Gasteiger partial charge >= 0.3 is 0 Å². The van der Waals surface area contributed by atoms with Crippen molar-refractivity contribution in [3.8, 4) is 0 Å². The summed E-state index contributed by atoms with van der Waals surface area (Å²) in [6.45, 7) is 20.8. The molecule has 0 heterocycles. The molecule has 0 aliphatic heterocycles. The molecule has 3 aliphatic carbocycles. The SMILES string of the molecule is C=C1CCC=C1C(/C=C1\C(=C)CCC2C(C)C(C)CCC12C)Nc1ccc(C)c(C)c1. The first kappa shape index (κ1) is 22.2. The molecule has 1 nitrogen and oxygen atoms in total. The van der Waals surface area contributed by atoms with Crippen LogP contribution in [0, 0.1) is 37.0 Å². The number of rotatable bonds is 4. The molecule has 0 aromatic heterocycles. The molecule has 5 unspecified atom stereocenters. The van der Waals surface area contributed by atoms with Crippen molar-refractivity contribution < 1.29 is 0 Å². The van der Waals surface area contributed by atoms with Crippen molar-refractivity contribution in [2.45, 2.75) is 79.2 Å². The minimum atomic E-state index is 0.161. The topological polar surface area (TPSA) is 12.0 Å². The molecule has 2 saturated carbocycles. The normalized spacial score (nSPS) is 33.3. The molecule has 2 fully saturated rings. The molecule has 3 aliphatic rings. The maximum absolute atomic E-state index is 4.57. The van der Waals surface area contributed by atoms with E-state index in [1.807, 2.05) is 0 Å². The number of anilines is 1. The van der Waals surface area contributed by atoms with E-state index < -0.39 is 0 Å². The van der Waals surface area contributed by atoms with Crippen molar-refractivity contribution >= 4 is 5.69 Å². The quantitative estimate of drug-likeness (QED) is 0.521. The summed E-state index contributed by atoms with van der Waals surface area (Å²) in [6.07, 6.45) is 12.2. The van der Waals surface area contributed by atoms with E-state index in [2.05, 4.69) is 83.4 Å². The second-order valence-corrected chi connectivity index (χ2v) is 10.8. The van der Waals surface area contributed by atoms with Gasteiger partial charge < -0.3 is 5.32 Å². The summed E-state index contributed by atoms with van der Waals surface area (Å²) in [5, 5.41) is 3.87. The number of hydrogen-bond acceptors (Lipinski definition) is 1. The molecule has 0 amide bonds. The molecule has 1 aromatic rings. The Morgan fingerprint density at radius 1 is 1.06 bits per heavy atom. The van der Waals surface area contributed by atoms with E-state index in [-0.39, 0.29) is 11.5 Å². The maximum Gasteiger partial charge on any atom is 0.0703 e. The third-order valence-electron chi connectivity index (χ3n) is 8.94. The van der Waals surface area contributed by atoms with E-state index in [1.165, 1.54) is 58.4 Å². The zero-order chi connectivity index (χ0) is 22.3. The third-order valence-corrected chi connectivity index (χ3v) is 8.94. The minimum absolute atomic E-state index is 0.161. The lowest BCUT2D eigenvalue weighted by atomic mass is 9.52. The van der Waals surface area contributed by atoms with E-state index in [9.17, 15) is 0 Å². The first-order valence-electron chi connectivity index (χ1n) is 12.3. The van der Waals surface area contributed by atoms with E-state index in [0.717, 1.165) is 37.0 Å². The van der Waals surface area contributed by atoms with Gasteiger partial charge in [0.25, 0.3) is 0 Å². The van der Waals surface area contributed by atoms with Gasteiger partial charge in [-0.2, -0.15) is 0 Å². The van der Waals surface area contributed by atoms with Crippen molar-refractivity contribution in [1.82, 2.24) is 0 Å². The average molecular weight is 416 g/mol. The number of nitrogens with one attached hydrogen (secondary N) is 1. The molecule has 166 valence electrons. The lowest BCUT2D eigenvalue weighted by molar-refractivity contribution is 0.0438. The monoisotopic (exact) mass is 415 g/mol. The lowest BCUT2D eigenvalue weighted by Gasteiger charge is -2.53. The standard InChI is InChI=1S/C30H41N/c1-19-11-13-25(17-23(19)5)31-29(26-10-8-9-21(26)3)18-28-22(4)12-14-27-24(6)20(2)15-16-30(27,28)7/h10-11,13,17-18,20,24,27,29,31H,3-4,8-9,12,14-16H2,1-2,5-7H3/b28-18+. The Kier molecular flexibility index (Phi) is 6.08. The van der Waals surface area contributed by atoms with Crippen LogP contribution in [0.25, 0.3) is 0 Å². The molecule has 4 rings (SSSR count). The van der Waals surface area contributed by atoms with Crippen LogP contribution in [0.1, 0.15) is 70.4 Å². The van der Waals surface area contributed by atoms with Gasteiger partial charge in [-0.25, -0.2) is 0 Å². The fraction of sp³-hybridized carbons (Fsp3) is 0.533. The Hall–Kier alpha value is -2.02. The van der Waals surface area contributed by atoms with Gasteiger partial charge in [-0.15, -0.1) is 0 Å². The minimum Gasteiger partial charge on any atom is -0.375 e. The van der Waals surface area contributed by atoms with Gasteiger partial charge in [-0.3, -0.25) is 0 Å². The summed E-state index contributed by atoms with van der Waals surface area (Å²) >= 11 is 0. The number of hydrogen-bond donors (Lipinski definition) is 1. The molecule has 1 heteroatoms. The van der Waals surface area contributed by atoms with Crippen LogP contribution in [0.5, 0.6) is 0 Å². The Morgan fingerprint density at radius 2 is 1.84 bits per heavy atom. The van der Waals surface area contributed by atoms with Gasteiger partial charge in [-0.05, 0) is 116 Å². The highest BCUT2D eigenvalue weighted by Crippen LogP contribution is 2.58. The average Bonchev–Trinajstić information content (AvgIpc) is 3.15. The molecule has 5 atom stereocenters. The van der Waals surface area contributed by atoms with Gasteiger partial charge in [-0.1, -0.05) is 57.7 Å². The van der Waals surface area contributed by atoms with Crippen LogP contribution < -0.4 is 5.32 Å². The summed E-state index contributed by atoms with van der Waals surface area (Å²) in [5.41, 5.74) is 9.64. The molecule has 0 bridgehead atoms. The summed E-state index contributed by atoms with van der Waals surface area (Å²) in [5.74, 6) is 2.37. The van der Waals surface area contributed by atoms with Gasteiger partial charge in [0.2, 0.25) is 0 Å². The van der Waals surface area contributed by atoms with E-state index in [4.69, 9.17) is 0 Å². The summed E-state index contributed by atoms with van der Waals surface area (Å²) < 4.78 is 0. The number of benzene rings is 1. The van der Waals surface area contributed by atoms with Crippen molar-refractivity contribution in [3.05, 3.63) is 76.9 Å². The molecule has 0 saturated heterocycles. The largest absolute Gasteiger partial charge is 0.375 e. The molecule has 0 radical (unpaired) electrons. The van der Waals surface area contributed by atoms with Crippen LogP contribution in [0.4, 0.5) is 5.69 Å². The van der Waals surface area contributed by atoms with E-state index in [1.54, 1.807) is 0 Å². The highest BCUT2D eigenvalue weighted by atomic mass is 14.9. The zero-order valence-corrected chi connectivity index (χ0v) is 20.4. The van der Waals surface area contributed by atoms with Gasteiger partial charge in [0.1, 0.15) is 0 Å². The van der Waals surface area contributed by atoms with Gasteiger partial charge in [0.15, 0.2) is 0 Å². The molecule has 31 heavy (non-hydrogen) atoms. The number of fused-ring (bicyclic) bond motifs is 1. The van der Waals surface area contributed by atoms with Crippen LogP contribution in [0.3, 0.4) is 0 Å². The molecule has 1 N–H and O–H groups in total. The van der Waals surface area contributed by atoms with Crippen LogP contribution >= 0.6 is 0 Å². The first-order chi connectivity index (χ1) is 14.7. The first-order valence-corrected chi connectivity index (χ1v) is 12.3. The fourth-order valence-electron chi connectivity index (χ4n) is 6.47. The Balaban J connectivity index is 1.74. The van der Waals surface area contributed by atoms with Crippen molar-refractivity contribution in [2.75, 3.05) is 5.32 Å². The highest BCUT2D eigenvalue weighted by Gasteiger charge is 2.48. The predicted molar refractivity (Wildman–Crippen MR) is 135 cm³/mol. The summed E-state index contributed by atoms with van der Waals surface area (Å²) in [6, 6.07) is 6.88. The van der Waals surface area contributed by atoms with Crippen molar-refractivity contribution in [2.24, 2.45) is 23.2 Å². The Morgan fingerprint density at radius 3 is 2.52 bits per heavy atom. The summed E-state index contributed by atoms with van der Waals surface area (Å²) in [7, 11) is 0. The smallest absolute Gasteiger partial charge is 0.0703 e. The van der Waals surface area contributed by atoms with Crippen LogP contribution in [0.2, 0.25) is 0 Å². The third kappa shape index (κ3) is 4.09. The van der Waals surface area contributed by atoms with Gasteiger partial charge in [0, 0.05) is 5.69 Å². The van der Waals surface area contributed by atoms with E-state index in [0.29, 0.717) is 0 Å². The molecular weight excluding hydrogens is 374 g/mol. The summed E-state index contributed by atoms with van der Waals surface area (Å²) in [4.78, 5) is 0. The fourth-order valence-corrected chi connectivity index (χ4v) is 6.47. The highest BCUT2D eigenvalue weighted by molar-refractivity contribution is 5.56. The van der Waals surface area contributed by atoms with Gasteiger partial charge in [0.05, 0.1) is 6.04 Å². The molecule has 0 spiro atoms. The Labute approximate surface area is 190 Å². The number of allylic oxidation sites excluding steroid dienone is 3. The molecular formula is C30H41N. The molecule has 1 aromatic carbocycles.